The Labute approximate surface area is 124 Å². The lowest BCUT2D eigenvalue weighted by molar-refractivity contribution is 0.287. The van der Waals surface area contributed by atoms with E-state index in [0.29, 0.717) is 19.1 Å². The molecule has 0 amide bonds. The van der Waals surface area contributed by atoms with Crippen molar-refractivity contribution in [3.05, 3.63) is 36.4 Å². The minimum absolute atomic E-state index is 0.537. The van der Waals surface area contributed by atoms with E-state index >= 15 is 0 Å². The minimum atomic E-state index is 0.537. The topological polar surface area (TPSA) is 48.3 Å². The lowest BCUT2D eigenvalue weighted by atomic mass is 10.00. The van der Waals surface area contributed by atoms with E-state index in [-0.39, 0.29) is 0 Å². The number of imidazole rings is 1. The summed E-state index contributed by atoms with van der Waals surface area (Å²) in [6, 6.07) is 6.03. The van der Waals surface area contributed by atoms with Gasteiger partial charge in [-0.1, -0.05) is 0 Å². The fourth-order valence-electron chi connectivity index (χ4n) is 2.51. The molecule has 1 aromatic heterocycles. The van der Waals surface area contributed by atoms with Gasteiger partial charge < -0.3 is 19.4 Å². The number of nitrogens with zero attached hydrogens (tertiary/aromatic N) is 2. The summed E-state index contributed by atoms with van der Waals surface area (Å²) in [5.41, 5.74) is 2.29. The average Bonchev–Trinajstić information content (AvgIpc) is 2.88. The second-order valence-corrected chi connectivity index (χ2v) is 5.04. The molecule has 0 atom stereocenters. The van der Waals surface area contributed by atoms with E-state index in [9.17, 15) is 0 Å². The van der Waals surface area contributed by atoms with E-state index in [1.165, 1.54) is 5.69 Å². The van der Waals surface area contributed by atoms with Crippen LogP contribution < -0.4 is 14.8 Å². The van der Waals surface area contributed by atoms with Gasteiger partial charge in [0.25, 0.3) is 0 Å². The third-order valence-electron chi connectivity index (χ3n) is 3.67. The summed E-state index contributed by atoms with van der Waals surface area (Å²) in [7, 11) is 0. The summed E-state index contributed by atoms with van der Waals surface area (Å²) in [6.45, 7) is 7.23. The van der Waals surface area contributed by atoms with Crippen molar-refractivity contribution in [3.8, 4) is 17.2 Å². The van der Waals surface area contributed by atoms with Gasteiger partial charge in [-0.25, -0.2) is 4.98 Å². The number of nitrogens with one attached hydrogen (secondary N) is 1. The zero-order chi connectivity index (χ0) is 14.7. The van der Waals surface area contributed by atoms with Gasteiger partial charge in [0, 0.05) is 37.0 Å². The van der Waals surface area contributed by atoms with Crippen LogP contribution in [0.15, 0.2) is 30.7 Å². The molecule has 1 N–H and O–H groups in total. The zero-order valence-electron chi connectivity index (χ0n) is 12.5. The van der Waals surface area contributed by atoms with Gasteiger partial charge in [0.1, 0.15) is 0 Å². The number of ether oxygens (including phenoxy) is 2. The van der Waals surface area contributed by atoms with Crippen LogP contribution in [0.1, 0.15) is 25.5 Å². The molecular weight excluding hydrogens is 266 g/mol. The molecule has 2 heterocycles. The van der Waals surface area contributed by atoms with Gasteiger partial charge >= 0.3 is 0 Å². The highest BCUT2D eigenvalue weighted by molar-refractivity contribution is 5.49. The lowest BCUT2D eigenvalue weighted by Crippen LogP contribution is -2.40. The second kappa shape index (κ2) is 6.18. The molecule has 1 saturated heterocycles. The Morgan fingerprint density at radius 2 is 1.95 bits per heavy atom. The third-order valence-corrected chi connectivity index (χ3v) is 3.67. The largest absolute Gasteiger partial charge is 0.490 e. The molecule has 0 bridgehead atoms. The number of rotatable bonds is 6. The van der Waals surface area contributed by atoms with Crippen LogP contribution in [0.2, 0.25) is 0 Å². The molecule has 0 spiro atoms. The standard InChI is InChI=1S/C16H21N3O2/c1-3-20-15-6-5-13(7-16(15)21-4-2)19-11-18-10-14(19)12-8-17-9-12/h5-7,10-12,17H,3-4,8-9H2,1-2H3. The molecule has 21 heavy (non-hydrogen) atoms. The van der Waals surface area contributed by atoms with E-state index in [1.807, 2.05) is 44.6 Å². The van der Waals surface area contributed by atoms with E-state index < -0.39 is 0 Å². The van der Waals surface area contributed by atoms with E-state index in [1.54, 1.807) is 0 Å². The van der Waals surface area contributed by atoms with Gasteiger partial charge in [0.2, 0.25) is 0 Å². The molecule has 1 aliphatic heterocycles. The van der Waals surface area contributed by atoms with Crippen molar-refractivity contribution in [2.75, 3.05) is 26.3 Å². The van der Waals surface area contributed by atoms with Crippen LogP contribution in [0.25, 0.3) is 5.69 Å². The summed E-state index contributed by atoms with van der Waals surface area (Å²) >= 11 is 0. The van der Waals surface area contributed by atoms with Crippen molar-refractivity contribution in [2.24, 2.45) is 0 Å². The van der Waals surface area contributed by atoms with Crippen molar-refractivity contribution >= 4 is 0 Å². The monoisotopic (exact) mass is 287 g/mol. The van der Waals surface area contributed by atoms with E-state index in [0.717, 1.165) is 30.3 Å². The van der Waals surface area contributed by atoms with Crippen LogP contribution in [0, 0.1) is 0 Å². The second-order valence-electron chi connectivity index (χ2n) is 5.04. The maximum absolute atomic E-state index is 5.70. The Morgan fingerprint density at radius 3 is 2.62 bits per heavy atom. The summed E-state index contributed by atoms with van der Waals surface area (Å²) in [5.74, 6) is 2.10. The summed E-state index contributed by atoms with van der Waals surface area (Å²) < 4.78 is 13.4. The highest BCUT2D eigenvalue weighted by Crippen LogP contribution is 2.31. The van der Waals surface area contributed by atoms with Crippen LogP contribution in [0.5, 0.6) is 11.5 Å². The van der Waals surface area contributed by atoms with Gasteiger partial charge in [0.05, 0.1) is 25.2 Å². The van der Waals surface area contributed by atoms with Crippen LogP contribution >= 0.6 is 0 Å². The van der Waals surface area contributed by atoms with Gasteiger partial charge in [-0.2, -0.15) is 0 Å². The SMILES string of the molecule is CCOc1ccc(-n2cncc2C2CNC2)cc1OCC. The van der Waals surface area contributed by atoms with Gasteiger partial charge in [0.15, 0.2) is 11.5 Å². The zero-order valence-corrected chi connectivity index (χ0v) is 12.5. The Bertz CT molecular complexity index is 605. The summed E-state index contributed by atoms with van der Waals surface area (Å²) in [5, 5.41) is 3.30. The fraction of sp³-hybridized carbons (Fsp3) is 0.438. The first kappa shape index (κ1) is 13.9. The number of benzene rings is 1. The summed E-state index contributed by atoms with van der Waals surface area (Å²) in [6.07, 6.45) is 3.81. The maximum atomic E-state index is 5.70. The Kier molecular flexibility index (Phi) is 4.10. The first-order chi connectivity index (χ1) is 10.3. The van der Waals surface area contributed by atoms with Crippen LogP contribution in [0.4, 0.5) is 0 Å². The normalized spacial score (nSPS) is 14.8. The van der Waals surface area contributed by atoms with Gasteiger partial charge in [-0.3, -0.25) is 0 Å². The highest BCUT2D eigenvalue weighted by Gasteiger charge is 2.23. The molecule has 1 aliphatic rings. The Morgan fingerprint density at radius 1 is 1.19 bits per heavy atom. The van der Waals surface area contributed by atoms with E-state index in [2.05, 4.69) is 14.9 Å². The van der Waals surface area contributed by atoms with Crippen LogP contribution in [-0.2, 0) is 0 Å². The molecule has 2 aromatic rings. The molecule has 5 heteroatoms. The lowest BCUT2D eigenvalue weighted by Gasteiger charge is -2.28. The van der Waals surface area contributed by atoms with Crippen molar-refractivity contribution in [1.29, 1.82) is 0 Å². The molecule has 3 rings (SSSR count). The summed E-state index contributed by atoms with van der Waals surface area (Å²) in [4.78, 5) is 4.30. The number of hydrogen-bond acceptors (Lipinski definition) is 4. The quantitative estimate of drug-likeness (QED) is 0.886. The van der Waals surface area contributed by atoms with Gasteiger partial charge in [-0.05, 0) is 26.0 Å². The molecule has 0 aliphatic carbocycles. The Hall–Kier alpha value is -2.01. The predicted octanol–water partition coefficient (Wildman–Crippen LogP) is 2.36. The first-order valence-corrected chi connectivity index (χ1v) is 7.46. The maximum Gasteiger partial charge on any atom is 0.163 e. The van der Waals surface area contributed by atoms with Crippen LogP contribution in [-0.4, -0.2) is 35.9 Å². The molecule has 112 valence electrons. The minimum Gasteiger partial charge on any atom is -0.490 e. The highest BCUT2D eigenvalue weighted by atomic mass is 16.5. The molecule has 1 aromatic carbocycles. The molecule has 5 nitrogen and oxygen atoms in total. The van der Waals surface area contributed by atoms with Crippen molar-refractivity contribution in [3.63, 3.8) is 0 Å². The predicted molar refractivity (Wildman–Crippen MR) is 81.5 cm³/mol. The number of aromatic nitrogens is 2. The van der Waals surface area contributed by atoms with Crippen molar-refractivity contribution in [1.82, 2.24) is 14.9 Å². The average molecular weight is 287 g/mol. The van der Waals surface area contributed by atoms with Crippen LogP contribution in [0.3, 0.4) is 0 Å². The van der Waals surface area contributed by atoms with Gasteiger partial charge in [-0.15, -0.1) is 0 Å². The molecular formula is C16H21N3O2. The number of hydrogen-bond donors (Lipinski definition) is 1. The third kappa shape index (κ3) is 2.74. The fourth-order valence-corrected chi connectivity index (χ4v) is 2.51. The smallest absolute Gasteiger partial charge is 0.163 e. The van der Waals surface area contributed by atoms with Crippen molar-refractivity contribution < 1.29 is 9.47 Å². The first-order valence-electron chi connectivity index (χ1n) is 7.46. The molecule has 0 unspecified atom stereocenters. The van der Waals surface area contributed by atoms with Crippen molar-refractivity contribution in [2.45, 2.75) is 19.8 Å². The Balaban J connectivity index is 1.94. The molecule has 0 saturated carbocycles. The molecule has 0 radical (unpaired) electrons. The molecule has 1 fully saturated rings. The van der Waals surface area contributed by atoms with E-state index in [4.69, 9.17) is 9.47 Å².